The van der Waals surface area contributed by atoms with Crippen LogP contribution < -0.4 is 11.3 Å². The molecule has 0 saturated heterocycles. The van der Waals surface area contributed by atoms with Crippen LogP contribution in [-0.4, -0.2) is 5.91 Å². The molecule has 3 N–H and O–H groups in total. The highest BCUT2D eigenvalue weighted by atomic mass is 16.2. The highest BCUT2D eigenvalue weighted by Crippen LogP contribution is 2.19. The molecule has 0 aliphatic carbocycles. The highest BCUT2D eigenvalue weighted by Gasteiger charge is 2.09. The van der Waals surface area contributed by atoms with Crippen molar-refractivity contribution in [2.24, 2.45) is 5.84 Å². The van der Waals surface area contributed by atoms with E-state index in [1.54, 1.807) is 0 Å². The molecule has 0 saturated carbocycles. The fourth-order valence-corrected chi connectivity index (χ4v) is 2.52. The molecule has 104 valence electrons. The van der Waals surface area contributed by atoms with Crippen LogP contribution in [0.25, 0.3) is 0 Å². The summed E-state index contributed by atoms with van der Waals surface area (Å²) in [6.45, 7) is 4.08. The van der Waals surface area contributed by atoms with Gasteiger partial charge in [-0.15, -0.1) is 0 Å². The summed E-state index contributed by atoms with van der Waals surface area (Å²) in [5, 5.41) is 0. The Morgan fingerprint density at radius 1 is 1.05 bits per heavy atom. The van der Waals surface area contributed by atoms with Crippen LogP contribution in [0.15, 0.2) is 42.5 Å². The molecule has 3 heteroatoms. The van der Waals surface area contributed by atoms with Gasteiger partial charge in [0.15, 0.2) is 0 Å². The maximum Gasteiger partial charge on any atom is 0.265 e. The maximum atomic E-state index is 11.6. The van der Waals surface area contributed by atoms with Gasteiger partial charge in [-0.25, -0.2) is 5.84 Å². The van der Waals surface area contributed by atoms with Crippen molar-refractivity contribution in [2.75, 3.05) is 0 Å². The summed E-state index contributed by atoms with van der Waals surface area (Å²) < 4.78 is 0. The Morgan fingerprint density at radius 2 is 1.65 bits per heavy atom. The molecule has 0 unspecified atom stereocenters. The van der Waals surface area contributed by atoms with Crippen LogP contribution in [0.5, 0.6) is 0 Å². The first-order valence-electron chi connectivity index (χ1n) is 6.77. The van der Waals surface area contributed by atoms with E-state index < -0.39 is 0 Å². The van der Waals surface area contributed by atoms with E-state index in [1.807, 2.05) is 32.0 Å². The molecule has 2 aromatic rings. The first kappa shape index (κ1) is 14.3. The number of nitrogens with two attached hydrogens (primary N) is 1. The fourth-order valence-electron chi connectivity index (χ4n) is 2.52. The number of carbonyl (C=O) groups excluding carboxylic acids is 1. The minimum absolute atomic E-state index is 0.245. The SMILES string of the molecule is Cc1cc(C(=O)NN)cc(C)c1CCc1ccccc1. The molecule has 0 spiro atoms. The van der Waals surface area contributed by atoms with E-state index in [2.05, 4.69) is 29.7 Å². The van der Waals surface area contributed by atoms with E-state index >= 15 is 0 Å². The second-order valence-electron chi connectivity index (χ2n) is 5.05. The quantitative estimate of drug-likeness (QED) is 0.509. The molecule has 0 heterocycles. The third kappa shape index (κ3) is 3.25. The summed E-state index contributed by atoms with van der Waals surface area (Å²) in [7, 11) is 0. The smallest absolute Gasteiger partial charge is 0.265 e. The average Bonchev–Trinajstić information content (AvgIpc) is 2.46. The lowest BCUT2D eigenvalue weighted by Gasteiger charge is -2.12. The van der Waals surface area contributed by atoms with Gasteiger partial charge in [-0.1, -0.05) is 30.3 Å². The number of rotatable bonds is 4. The molecule has 0 aromatic heterocycles. The van der Waals surface area contributed by atoms with Crippen molar-refractivity contribution in [3.05, 3.63) is 70.3 Å². The number of nitrogens with one attached hydrogen (secondary N) is 1. The van der Waals surface area contributed by atoms with Gasteiger partial charge in [0.25, 0.3) is 5.91 Å². The van der Waals surface area contributed by atoms with Crippen molar-refractivity contribution in [2.45, 2.75) is 26.7 Å². The normalized spacial score (nSPS) is 10.3. The number of hydrogen-bond donors (Lipinski definition) is 2. The van der Waals surface area contributed by atoms with Crippen molar-refractivity contribution in [3.8, 4) is 0 Å². The summed E-state index contributed by atoms with van der Waals surface area (Å²) in [6.07, 6.45) is 1.98. The van der Waals surface area contributed by atoms with Crippen molar-refractivity contribution in [1.82, 2.24) is 5.43 Å². The topological polar surface area (TPSA) is 55.1 Å². The molecule has 2 aromatic carbocycles. The van der Waals surface area contributed by atoms with Crippen LogP contribution in [0.4, 0.5) is 0 Å². The lowest BCUT2D eigenvalue weighted by atomic mass is 9.94. The standard InChI is InChI=1S/C17H20N2O/c1-12-10-15(17(20)19-18)11-13(2)16(12)9-8-14-6-4-3-5-7-14/h3-7,10-11H,8-9,18H2,1-2H3,(H,19,20). The largest absolute Gasteiger partial charge is 0.290 e. The van der Waals surface area contributed by atoms with Gasteiger partial charge in [-0.05, 0) is 61.1 Å². The van der Waals surface area contributed by atoms with E-state index in [-0.39, 0.29) is 5.91 Å². The second kappa shape index (κ2) is 6.35. The first-order valence-corrected chi connectivity index (χ1v) is 6.77. The molecule has 0 aliphatic rings. The Kier molecular flexibility index (Phi) is 4.53. The summed E-state index contributed by atoms with van der Waals surface area (Å²) in [5.41, 5.74) is 7.70. The number of amides is 1. The zero-order valence-corrected chi connectivity index (χ0v) is 11.9. The molecule has 0 atom stereocenters. The van der Waals surface area contributed by atoms with Gasteiger partial charge in [0.1, 0.15) is 0 Å². The molecule has 0 fully saturated rings. The van der Waals surface area contributed by atoms with E-state index in [0.29, 0.717) is 5.56 Å². The van der Waals surface area contributed by atoms with E-state index in [4.69, 9.17) is 5.84 Å². The Hall–Kier alpha value is -2.13. The van der Waals surface area contributed by atoms with Crippen molar-refractivity contribution < 1.29 is 4.79 Å². The van der Waals surface area contributed by atoms with Gasteiger partial charge in [0, 0.05) is 5.56 Å². The van der Waals surface area contributed by atoms with Crippen molar-refractivity contribution in [3.63, 3.8) is 0 Å². The van der Waals surface area contributed by atoms with Crippen LogP contribution in [0.2, 0.25) is 0 Å². The summed E-state index contributed by atoms with van der Waals surface area (Å²) in [4.78, 5) is 11.6. The van der Waals surface area contributed by atoms with Crippen LogP contribution >= 0.6 is 0 Å². The molecule has 1 amide bonds. The summed E-state index contributed by atoms with van der Waals surface area (Å²) in [6, 6.07) is 14.2. The van der Waals surface area contributed by atoms with E-state index in [1.165, 1.54) is 11.1 Å². The number of hydrogen-bond acceptors (Lipinski definition) is 2. The predicted molar refractivity (Wildman–Crippen MR) is 81.4 cm³/mol. The van der Waals surface area contributed by atoms with Crippen molar-refractivity contribution in [1.29, 1.82) is 0 Å². The number of aryl methyl sites for hydroxylation is 3. The summed E-state index contributed by atoms with van der Waals surface area (Å²) >= 11 is 0. The van der Waals surface area contributed by atoms with Gasteiger partial charge in [0.05, 0.1) is 0 Å². The zero-order chi connectivity index (χ0) is 14.5. The van der Waals surface area contributed by atoms with Gasteiger partial charge in [-0.2, -0.15) is 0 Å². The predicted octanol–water partition coefficient (Wildman–Crippen LogP) is 2.69. The molecular weight excluding hydrogens is 248 g/mol. The molecule has 2 rings (SSSR count). The maximum absolute atomic E-state index is 11.6. The molecule has 0 bridgehead atoms. The number of hydrazine groups is 1. The van der Waals surface area contributed by atoms with E-state index in [0.717, 1.165) is 24.0 Å². The van der Waals surface area contributed by atoms with Gasteiger partial charge in [-0.3, -0.25) is 10.2 Å². The molecule has 20 heavy (non-hydrogen) atoms. The van der Waals surface area contributed by atoms with Crippen molar-refractivity contribution >= 4 is 5.91 Å². The van der Waals surface area contributed by atoms with Gasteiger partial charge >= 0.3 is 0 Å². The minimum atomic E-state index is -0.245. The third-order valence-electron chi connectivity index (χ3n) is 3.60. The Labute approximate surface area is 119 Å². The Morgan fingerprint density at radius 3 is 2.20 bits per heavy atom. The Balaban J connectivity index is 2.18. The fraction of sp³-hybridized carbons (Fsp3) is 0.235. The summed E-state index contributed by atoms with van der Waals surface area (Å²) in [5.74, 6) is 4.93. The lowest BCUT2D eigenvalue weighted by Crippen LogP contribution is -2.30. The van der Waals surface area contributed by atoms with Gasteiger partial charge in [0.2, 0.25) is 0 Å². The molecular formula is C17H20N2O. The first-order chi connectivity index (χ1) is 9.61. The van der Waals surface area contributed by atoms with Crippen LogP contribution in [0, 0.1) is 13.8 Å². The molecule has 3 nitrogen and oxygen atoms in total. The average molecular weight is 268 g/mol. The van der Waals surface area contributed by atoms with Crippen LogP contribution in [0.3, 0.4) is 0 Å². The lowest BCUT2D eigenvalue weighted by molar-refractivity contribution is 0.0953. The number of carbonyl (C=O) groups is 1. The highest BCUT2D eigenvalue weighted by molar-refractivity contribution is 5.94. The minimum Gasteiger partial charge on any atom is -0.290 e. The van der Waals surface area contributed by atoms with Crippen LogP contribution in [-0.2, 0) is 12.8 Å². The van der Waals surface area contributed by atoms with Crippen LogP contribution in [0.1, 0.15) is 32.6 Å². The zero-order valence-electron chi connectivity index (χ0n) is 11.9. The molecule has 0 radical (unpaired) electrons. The molecule has 0 aliphatic heterocycles. The van der Waals surface area contributed by atoms with E-state index in [9.17, 15) is 4.79 Å². The Bertz CT molecular complexity index is 583. The third-order valence-corrected chi connectivity index (χ3v) is 3.60. The second-order valence-corrected chi connectivity index (χ2v) is 5.05. The van der Waals surface area contributed by atoms with Gasteiger partial charge < -0.3 is 0 Å². The monoisotopic (exact) mass is 268 g/mol. The number of benzene rings is 2. The number of nitrogen functional groups attached to an aromatic ring is 1.